The maximum Gasteiger partial charge on any atom is 0.380 e. The van der Waals surface area contributed by atoms with E-state index in [1.54, 1.807) is 11.4 Å². The number of ether oxygens (including phenoxy) is 1. The van der Waals surface area contributed by atoms with Crippen molar-refractivity contribution < 1.29 is 14.3 Å². The number of esters is 1. The van der Waals surface area contributed by atoms with E-state index >= 15 is 0 Å². The van der Waals surface area contributed by atoms with E-state index in [-0.39, 0.29) is 0 Å². The first-order chi connectivity index (χ1) is 5.66. The molecule has 0 bridgehead atoms. The molecule has 0 aromatic carbocycles. The zero-order valence-electron chi connectivity index (χ0n) is 6.17. The second kappa shape index (κ2) is 3.82. The van der Waals surface area contributed by atoms with Gasteiger partial charge in [-0.2, -0.15) is 0 Å². The highest BCUT2D eigenvalue weighted by Gasteiger charge is 2.20. The van der Waals surface area contributed by atoms with Crippen LogP contribution in [0.25, 0.3) is 0 Å². The summed E-state index contributed by atoms with van der Waals surface area (Å²) in [5, 5.41) is 1.72. The summed E-state index contributed by atoms with van der Waals surface area (Å²) in [5.74, 6) is -1.45. The molecule has 1 aromatic rings. The molecular formula is C7H5BrO3S. The minimum Gasteiger partial charge on any atom is -0.463 e. The summed E-state index contributed by atoms with van der Waals surface area (Å²) >= 11 is 4.35. The average Bonchev–Trinajstić information content (AvgIpc) is 2.48. The Balaban J connectivity index is 2.93. The first kappa shape index (κ1) is 9.41. The summed E-state index contributed by atoms with van der Waals surface area (Å²) in [4.78, 5) is 22.3. The third-order valence-corrected chi connectivity index (χ3v) is 3.03. The number of carbonyl (C=O) groups is 2. The van der Waals surface area contributed by atoms with Crippen molar-refractivity contribution in [2.45, 2.75) is 0 Å². The van der Waals surface area contributed by atoms with Crippen LogP contribution in [0.15, 0.2) is 15.9 Å². The predicted molar refractivity (Wildman–Crippen MR) is 48.4 cm³/mol. The van der Waals surface area contributed by atoms with Gasteiger partial charge in [0.05, 0.1) is 12.0 Å². The third kappa shape index (κ3) is 1.73. The van der Waals surface area contributed by atoms with E-state index in [4.69, 9.17) is 0 Å². The Bertz CT molecular complexity index is 318. The zero-order chi connectivity index (χ0) is 9.14. The van der Waals surface area contributed by atoms with Crippen LogP contribution < -0.4 is 0 Å². The van der Waals surface area contributed by atoms with Gasteiger partial charge in [0.1, 0.15) is 0 Å². The lowest BCUT2D eigenvalue weighted by Gasteiger charge is -1.94. The van der Waals surface area contributed by atoms with Crippen LogP contribution in [0.3, 0.4) is 0 Å². The summed E-state index contributed by atoms with van der Waals surface area (Å²) in [6, 6.07) is 1.71. The molecule has 0 amide bonds. The van der Waals surface area contributed by atoms with Crippen molar-refractivity contribution in [1.29, 1.82) is 0 Å². The van der Waals surface area contributed by atoms with Crippen molar-refractivity contribution in [3.8, 4) is 0 Å². The fourth-order valence-electron chi connectivity index (χ4n) is 0.641. The van der Waals surface area contributed by atoms with E-state index in [0.717, 1.165) is 0 Å². The number of halogens is 1. The Morgan fingerprint density at radius 2 is 2.25 bits per heavy atom. The highest BCUT2D eigenvalue weighted by molar-refractivity contribution is 9.10. The average molecular weight is 249 g/mol. The van der Waals surface area contributed by atoms with Gasteiger partial charge in [0.2, 0.25) is 0 Å². The quantitative estimate of drug-likeness (QED) is 0.456. The summed E-state index contributed by atoms with van der Waals surface area (Å²) in [6.07, 6.45) is 0. The van der Waals surface area contributed by atoms with Gasteiger partial charge in [0.15, 0.2) is 0 Å². The van der Waals surface area contributed by atoms with E-state index in [1.165, 1.54) is 18.4 Å². The Kier molecular flexibility index (Phi) is 2.99. The second-order valence-corrected chi connectivity index (χ2v) is 3.69. The summed E-state index contributed by atoms with van der Waals surface area (Å²) in [7, 11) is 1.18. The minimum atomic E-state index is -0.835. The fraction of sp³-hybridized carbons (Fsp3) is 0.143. The van der Waals surface area contributed by atoms with Crippen LogP contribution >= 0.6 is 27.3 Å². The van der Waals surface area contributed by atoms with E-state index in [9.17, 15) is 9.59 Å². The monoisotopic (exact) mass is 248 g/mol. The predicted octanol–water partition coefficient (Wildman–Crippen LogP) is 1.87. The molecular weight excluding hydrogens is 244 g/mol. The van der Waals surface area contributed by atoms with E-state index in [0.29, 0.717) is 9.35 Å². The number of ketones is 1. The van der Waals surface area contributed by atoms with Gasteiger partial charge in [-0.05, 0) is 27.4 Å². The molecule has 0 radical (unpaired) electrons. The Labute approximate surface area is 81.5 Å². The van der Waals surface area contributed by atoms with Gasteiger partial charge in [-0.25, -0.2) is 4.79 Å². The highest BCUT2D eigenvalue weighted by atomic mass is 79.9. The fourth-order valence-corrected chi connectivity index (χ4v) is 2.12. The normalized spacial score (nSPS) is 9.50. The molecule has 0 aliphatic heterocycles. The van der Waals surface area contributed by atoms with Crippen molar-refractivity contribution in [3.05, 3.63) is 20.8 Å². The Hall–Kier alpha value is -0.680. The maximum absolute atomic E-state index is 11.2. The van der Waals surface area contributed by atoms with Gasteiger partial charge in [-0.15, -0.1) is 11.3 Å². The molecule has 0 aliphatic rings. The second-order valence-electron chi connectivity index (χ2n) is 1.92. The molecule has 0 unspecified atom stereocenters. The van der Waals surface area contributed by atoms with Crippen LogP contribution in [0.2, 0.25) is 0 Å². The number of rotatable bonds is 2. The lowest BCUT2D eigenvalue weighted by atomic mass is 10.3. The Morgan fingerprint density at radius 1 is 1.58 bits per heavy atom. The van der Waals surface area contributed by atoms with Crippen molar-refractivity contribution in [3.63, 3.8) is 0 Å². The van der Waals surface area contributed by atoms with Crippen LogP contribution in [0, 0.1) is 0 Å². The van der Waals surface area contributed by atoms with Gasteiger partial charge in [-0.1, -0.05) is 0 Å². The molecule has 3 nitrogen and oxygen atoms in total. The molecule has 0 saturated carbocycles. The van der Waals surface area contributed by atoms with Crippen molar-refractivity contribution in [2.75, 3.05) is 7.11 Å². The molecule has 0 spiro atoms. The first-order valence-electron chi connectivity index (χ1n) is 3.02. The minimum absolute atomic E-state index is 0.377. The van der Waals surface area contributed by atoms with Crippen LogP contribution in [-0.2, 0) is 9.53 Å². The lowest BCUT2D eigenvalue weighted by Crippen LogP contribution is -2.14. The largest absolute Gasteiger partial charge is 0.463 e. The van der Waals surface area contributed by atoms with Crippen LogP contribution in [0.4, 0.5) is 0 Å². The topological polar surface area (TPSA) is 43.4 Å². The number of thiophene rings is 1. The molecule has 0 atom stereocenters. The van der Waals surface area contributed by atoms with Gasteiger partial charge in [-0.3, -0.25) is 4.79 Å². The lowest BCUT2D eigenvalue weighted by molar-refractivity contribution is -0.135. The standard InChI is InChI=1S/C7H5BrO3S/c1-11-7(10)5(9)6-4(8)2-3-12-6/h2-3H,1H3. The van der Waals surface area contributed by atoms with Crippen LogP contribution in [-0.4, -0.2) is 18.9 Å². The molecule has 1 aromatic heterocycles. The number of carbonyl (C=O) groups excluding carboxylic acids is 2. The molecule has 5 heteroatoms. The molecule has 0 aliphatic carbocycles. The molecule has 12 heavy (non-hydrogen) atoms. The maximum atomic E-state index is 11.2. The van der Waals surface area contributed by atoms with Crippen LogP contribution in [0.1, 0.15) is 9.67 Å². The molecule has 1 rings (SSSR count). The van der Waals surface area contributed by atoms with E-state index in [1.807, 2.05) is 0 Å². The smallest absolute Gasteiger partial charge is 0.380 e. The molecule has 0 saturated heterocycles. The summed E-state index contributed by atoms with van der Waals surface area (Å²) in [5.41, 5.74) is 0. The Morgan fingerprint density at radius 3 is 2.67 bits per heavy atom. The van der Waals surface area contributed by atoms with Gasteiger partial charge in [0.25, 0.3) is 5.78 Å². The SMILES string of the molecule is COC(=O)C(=O)c1sccc1Br. The van der Waals surface area contributed by atoms with Crippen molar-refractivity contribution in [2.24, 2.45) is 0 Å². The van der Waals surface area contributed by atoms with E-state index < -0.39 is 11.8 Å². The van der Waals surface area contributed by atoms with E-state index in [2.05, 4.69) is 20.7 Å². The highest BCUT2D eigenvalue weighted by Crippen LogP contribution is 2.23. The number of hydrogen-bond acceptors (Lipinski definition) is 4. The van der Waals surface area contributed by atoms with Gasteiger partial charge in [0, 0.05) is 4.47 Å². The van der Waals surface area contributed by atoms with Crippen molar-refractivity contribution in [1.82, 2.24) is 0 Å². The molecule has 0 fully saturated rings. The molecule has 0 N–H and O–H groups in total. The third-order valence-electron chi connectivity index (χ3n) is 1.19. The first-order valence-corrected chi connectivity index (χ1v) is 4.69. The number of Topliss-reactive ketones (excluding diaryl/α,β-unsaturated/α-hetero) is 1. The zero-order valence-corrected chi connectivity index (χ0v) is 8.57. The summed E-state index contributed by atoms with van der Waals surface area (Å²) < 4.78 is 4.92. The molecule has 1 heterocycles. The summed E-state index contributed by atoms with van der Waals surface area (Å²) in [6.45, 7) is 0. The van der Waals surface area contributed by atoms with Gasteiger partial charge >= 0.3 is 5.97 Å². The van der Waals surface area contributed by atoms with Crippen LogP contribution in [0.5, 0.6) is 0 Å². The molecule has 64 valence electrons. The van der Waals surface area contributed by atoms with Gasteiger partial charge < -0.3 is 4.74 Å². The number of methoxy groups -OCH3 is 1. The van der Waals surface area contributed by atoms with Crippen molar-refractivity contribution >= 4 is 39.0 Å². The number of hydrogen-bond donors (Lipinski definition) is 0.